The van der Waals surface area contributed by atoms with Gasteiger partial charge in [0.25, 0.3) is 0 Å². The van der Waals surface area contributed by atoms with Crippen LogP contribution >= 0.6 is 0 Å². The summed E-state index contributed by atoms with van der Waals surface area (Å²) in [6, 6.07) is 4.06. The van der Waals surface area contributed by atoms with Gasteiger partial charge in [-0.2, -0.15) is 0 Å². The van der Waals surface area contributed by atoms with Crippen LogP contribution in [-0.2, 0) is 14.8 Å². The van der Waals surface area contributed by atoms with Gasteiger partial charge in [-0.15, -0.1) is 0 Å². The molecule has 0 spiro atoms. The number of aliphatic carboxylic acids is 1. The molecule has 23 heavy (non-hydrogen) atoms. The Bertz CT molecular complexity index is 700. The van der Waals surface area contributed by atoms with Crippen LogP contribution < -0.4 is 5.32 Å². The van der Waals surface area contributed by atoms with E-state index in [1.54, 1.807) is 19.1 Å². The first kappa shape index (κ1) is 18.9. The molecular formula is C14H21N3O5S. The van der Waals surface area contributed by atoms with E-state index in [9.17, 15) is 18.0 Å². The fourth-order valence-electron chi connectivity index (χ4n) is 1.74. The number of anilines is 1. The van der Waals surface area contributed by atoms with E-state index in [-0.39, 0.29) is 17.9 Å². The van der Waals surface area contributed by atoms with Crippen molar-refractivity contribution in [1.82, 2.24) is 9.21 Å². The zero-order valence-corrected chi connectivity index (χ0v) is 14.3. The van der Waals surface area contributed by atoms with Gasteiger partial charge in [0.2, 0.25) is 10.0 Å². The Morgan fingerprint density at radius 3 is 2.35 bits per heavy atom. The minimum absolute atomic E-state index is 0.0515. The number of urea groups is 1. The van der Waals surface area contributed by atoms with Crippen LogP contribution in [0.15, 0.2) is 23.1 Å². The maximum atomic E-state index is 12.2. The van der Waals surface area contributed by atoms with Crippen LogP contribution in [0.5, 0.6) is 0 Å². The van der Waals surface area contributed by atoms with E-state index >= 15 is 0 Å². The lowest BCUT2D eigenvalue weighted by atomic mass is 10.2. The molecule has 2 N–H and O–H groups in total. The number of hydrogen-bond donors (Lipinski definition) is 2. The van der Waals surface area contributed by atoms with Gasteiger partial charge in [0, 0.05) is 33.4 Å². The number of nitrogens with zero attached hydrogens (tertiary/aromatic N) is 2. The minimum atomic E-state index is -3.62. The molecule has 128 valence electrons. The second kappa shape index (κ2) is 7.42. The lowest BCUT2D eigenvalue weighted by Crippen LogP contribution is -2.33. The van der Waals surface area contributed by atoms with Crippen molar-refractivity contribution in [2.24, 2.45) is 0 Å². The van der Waals surface area contributed by atoms with Crippen LogP contribution in [0.3, 0.4) is 0 Å². The van der Waals surface area contributed by atoms with Crippen LogP contribution in [0.25, 0.3) is 0 Å². The molecule has 0 unspecified atom stereocenters. The summed E-state index contributed by atoms with van der Waals surface area (Å²) in [5.41, 5.74) is 0.888. The summed E-state index contributed by atoms with van der Waals surface area (Å²) in [7, 11) is 0.706. The number of carbonyl (C=O) groups excluding carboxylic acids is 1. The third-order valence-electron chi connectivity index (χ3n) is 3.21. The van der Waals surface area contributed by atoms with Crippen molar-refractivity contribution in [3.63, 3.8) is 0 Å². The molecule has 1 rings (SSSR count). The van der Waals surface area contributed by atoms with E-state index < -0.39 is 22.0 Å². The molecule has 0 heterocycles. The molecule has 0 atom stereocenters. The van der Waals surface area contributed by atoms with Crippen molar-refractivity contribution in [3.05, 3.63) is 23.8 Å². The Kier molecular flexibility index (Phi) is 6.11. The summed E-state index contributed by atoms with van der Waals surface area (Å²) in [5, 5.41) is 11.2. The molecule has 2 amide bonds. The predicted molar refractivity (Wildman–Crippen MR) is 86.0 cm³/mol. The Balaban J connectivity index is 2.95. The van der Waals surface area contributed by atoms with Crippen molar-refractivity contribution in [1.29, 1.82) is 0 Å². The molecule has 1 aromatic carbocycles. The highest BCUT2D eigenvalue weighted by atomic mass is 32.2. The molecule has 0 radical (unpaired) electrons. The van der Waals surface area contributed by atoms with Crippen molar-refractivity contribution in [3.8, 4) is 0 Å². The molecule has 1 aromatic rings. The number of aryl methyl sites for hydroxylation is 1. The zero-order valence-electron chi connectivity index (χ0n) is 13.5. The minimum Gasteiger partial charge on any atom is -0.481 e. The summed E-state index contributed by atoms with van der Waals surface area (Å²) < 4.78 is 25.6. The van der Waals surface area contributed by atoms with Gasteiger partial charge >= 0.3 is 12.0 Å². The molecule has 0 saturated heterocycles. The molecule has 0 aliphatic rings. The van der Waals surface area contributed by atoms with Gasteiger partial charge in [-0.05, 0) is 24.6 Å². The van der Waals surface area contributed by atoms with Gasteiger partial charge in [0.15, 0.2) is 0 Å². The van der Waals surface area contributed by atoms with Gasteiger partial charge in [0.1, 0.15) is 0 Å². The fourth-order valence-corrected chi connectivity index (χ4v) is 2.88. The van der Waals surface area contributed by atoms with E-state index in [4.69, 9.17) is 5.11 Å². The maximum Gasteiger partial charge on any atom is 0.321 e. The fraction of sp³-hybridized carbons (Fsp3) is 0.429. The number of amides is 2. The number of sulfonamides is 1. The smallest absolute Gasteiger partial charge is 0.321 e. The summed E-state index contributed by atoms with van der Waals surface area (Å²) in [6.07, 6.45) is -0.169. The summed E-state index contributed by atoms with van der Waals surface area (Å²) in [4.78, 5) is 23.8. The predicted octanol–water partition coefficient (Wildman–Crippen LogP) is 1.18. The lowest BCUT2D eigenvalue weighted by Gasteiger charge is -2.18. The number of nitrogens with one attached hydrogen (secondary N) is 1. The van der Waals surface area contributed by atoms with Gasteiger partial charge in [-0.3, -0.25) is 4.79 Å². The van der Waals surface area contributed by atoms with E-state index in [0.29, 0.717) is 11.3 Å². The maximum absolute atomic E-state index is 12.2. The van der Waals surface area contributed by atoms with Crippen LogP contribution in [0.2, 0.25) is 0 Å². The number of benzene rings is 1. The monoisotopic (exact) mass is 343 g/mol. The largest absolute Gasteiger partial charge is 0.481 e. The molecule has 8 nitrogen and oxygen atoms in total. The Morgan fingerprint density at radius 2 is 1.83 bits per heavy atom. The highest BCUT2D eigenvalue weighted by Crippen LogP contribution is 2.22. The summed E-state index contributed by atoms with van der Waals surface area (Å²) >= 11 is 0. The summed E-state index contributed by atoms with van der Waals surface area (Å²) in [5.74, 6) is -1.00. The number of carboxylic acid groups (broad SMARTS) is 1. The first-order chi connectivity index (χ1) is 10.6. The normalized spacial score (nSPS) is 11.3. The average molecular weight is 343 g/mol. The Morgan fingerprint density at radius 1 is 1.22 bits per heavy atom. The lowest BCUT2D eigenvalue weighted by molar-refractivity contribution is -0.137. The topological polar surface area (TPSA) is 107 Å². The standard InChI is InChI=1S/C14H21N3O5S/c1-10-5-6-11(9-12(10)23(21,22)16(2)3)15-14(20)17(4)8-7-13(18)19/h5-6,9H,7-8H2,1-4H3,(H,15,20)(H,18,19). The number of carboxylic acids is 1. The quantitative estimate of drug-likeness (QED) is 0.806. The van der Waals surface area contributed by atoms with Crippen molar-refractivity contribution in [2.75, 3.05) is 33.0 Å². The first-order valence-corrected chi connectivity index (χ1v) is 8.27. The number of rotatable bonds is 6. The van der Waals surface area contributed by atoms with E-state index in [0.717, 1.165) is 4.31 Å². The van der Waals surface area contributed by atoms with Crippen LogP contribution in [-0.4, -0.2) is 62.4 Å². The molecule has 0 aliphatic carbocycles. The molecule has 9 heteroatoms. The van der Waals surface area contributed by atoms with Gasteiger partial charge in [-0.25, -0.2) is 17.5 Å². The highest BCUT2D eigenvalue weighted by Gasteiger charge is 2.20. The molecule has 0 aromatic heterocycles. The van der Waals surface area contributed by atoms with Gasteiger partial charge in [0.05, 0.1) is 11.3 Å². The first-order valence-electron chi connectivity index (χ1n) is 6.82. The van der Waals surface area contributed by atoms with Gasteiger partial charge in [-0.1, -0.05) is 6.07 Å². The Hall–Kier alpha value is -2.13. The van der Waals surface area contributed by atoms with Crippen molar-refractivity contribution >= 4 is 27.7 Å². The molecule has 0 fully saturated rings. The number of carbonyl (C=O) groups is 2. The molecule has 0 aliphatic heterocycles. The van der Waals surface area contributed by atoms with Crippen molar-refractivity contribution in [2.45, 2.75) is 18.2 Å². The third-order valence-corrected chi connectivity index (χ3v) is 5.16. The summed E-state index contributed by atoms with van der Waals surface area (Å²) in [6.45, 7) is 1.72. The molecule has 0 saturated carbocycles. The number of hydrogen-bond acceptors (Lipinski definition) is 4. The highest BCUT2D eigenvalue weighted by molar-refractivity contribution is 7.89. The zero-order chi connectivity index (χ0) is 17.8. The average Bonchev–Trinajstić information content (AvgIpc) is 2.46. The van der Waals surface area contributed by atoms with Crippen molar-refractivity contribution < 1.29 is 23.1 Å². The van der Waals surface area contributed by atoms with E-state index in [1.165, 1.54) is 32.1 Å². The molecule has 0 bridgehead atoms. The van der Waals surface area contributed by atoms with Crippen LogP contribution in [0, 0.1) is 6.92 Å². The Labute approximate surface area is 135 Å². The van der Waals surface area contributed by atoms with Crippen LogP contribution in [0.4, 0.5) is 10.5 Å². The van der Waals surface area contributed by atoms with Gasteiger partial charge < -0.3 is 15.3 Å². The van der Waals surface area contributed by atoms with E-state index in [1.807, 2.05) is 0 Å². The van der Waals surface area contributed by atoms with Crippen LogP contribution in [0.1, 0.15) is 12.0 Å². The second-order valence-electron chi connectivity index (χ2n) is 5.26. The third kappa shape index (κ3) is 4.93. The molecular weight excluding hydrogens is 322 g/mol. The second-order valence-corrected chi connectivity index (χ2v) is 7.38. The van der Waals surface area contributed by atoms with E-state index in [2.05, 4.69) is 5.32 Å². The SMILES string of the molecule is Cc1ccc(NC(=O)N(C)CCC(=O)O)cc1S(=O)(=O)N(C)C.